The van der Waals surface area contributed by atoms with Crippen molar-refractivity contribution in [3.8, 4) is 0 Å². The molecule has 0 amide bonds. The van der Waals surface area contributed by atoms with Crippen LogP contribution in [0.5, 0.6) is 0 Å². The number of pyridine rings is 1. The number of ether oxygens (including phenoxy) is 1. The second-order valence-electron chi connectivity index (χ2n) is 6.82. The highest BCUT2D eigenvalue weighted by atomic mass is 16.5. The van der Waals surface area contributed by atoms with Crippen molar-refractivity contribution in [2.24, 2.45) is 0 Å². The molecule has 136 valence electrons. The Hall–Kier alpha value is -1.21. The maximum Gasteiger partial charge on any atom is 0.128 e. The van der Waals surface area contributed by atoms with Gasteiger partial charge in [0.15, 0.2) is 0 Å². The molecule has 0 bridgehead atoms. The van der Waals surface area contributed by atoms with Crippen LogP contribution in [0.2, 0.25) is 0 Å². The minimum Gasteiger partial charge on any atom is -0.383 e. The Balaban J connectivity index is 1.71. The van der Waals surface area contributed by atoms with Gasteiger partial charge in [0.25, 0.3) is 0 Å². The number of aromatic nitrogens is 1. The third-order valence-corrected chi connectivity index (χ3v) is 4.61. The van der Waals surface area contributed by atoms with Crippen molar-refractivity contribution < 1.29 is 4.74 Å². The van der Waals surface area contributed by atoms with Gasteiger partial charge in [-0.3, -0.25) is 4.90 Å². The van der Waals surface area contributed by atoms with Crippen molar-refractivity contribution in [3.63, 3.8) is 0 Å². The molecular weight excluding hydrogens is 302 g/mol. The fourth-order valence-electron chi connectivity index (χ4n) is 2.86. The van der Waals surface area contributed by atoms with E-state index in [1.807, 2.05) is 13.2 Å². The molecule has 1 aromatic heterocycles. The number of methoxy groups -OCH3 is 1. The summed E-state index contributed by atoms with van der Waals surface area (Å²) >= 11 is 0. The Morgan fingerprint density at radius 3 is 2.67 bits per heavy atom. The predicted molar refractivity (Wildman–Crippen MR) is 99.6 cm³/mol. The SMILES string of the molecule is COCCN(C)c1ccc(CN[C@H](C)CN2CCN(C)CC2)cn1. The molecule has 0 aromatic carbocycles. The van der Waals surface area contributed by atoms with Crippen LogP contribution in [-0.4, -0.2) is 87.9 Å². The summed E-state index contributed by atoms with van der Waals surface area (Å²) < 4.78 is 5.10. The zero-order valence-electron chi connectivity index (χ0n) is 15.7. The molecule has 0 aliphatic carbocycles. The lowest BCUT2D eigenvalue weighted by atomic mass is 10.2. The van der Waals surface area contributed by atoms with Gasteiger partial charge in [0.2, 0.25) is 0 Å². The van der Waals surface area contributed by atoms with Gasteiger partial charge in [-0.15, -0.1) is 0 Å². The van der Waals surface area contributed by atoms with Crippen LogP contribution in [0.3, 0.4) is 0 Å². The number of nitrogens with zero attached hydrogens (tertiary/aromatic N) is 4. The van der Waals surface area contributed by atoms with E-state index in [2.05, 4.69) is 51.1 Å². The summed E-state index contributed by atoms with van der Waals surface area (Å²) in [6.45, 7) is 10.5. The van der Waals surface area contributed by atoms with E-state index < -0.39 is 0 Å². The lowest BCUT2D eigenvalue weighted by Crippen LogP contribution is -2.48. The Morgan fingerprint density at radius 2 is 2.04 bits per heavy atom. The molecule has 6 nitrogen and oxygen atoms in total. The summed E-state index contributed by atoms with van der Waals surface area (Å²) in [5.41, 5.74) is 1.23. The molecule has 0 radical (unpaired) electrons. The van der Waals surface area contributed by atoms with Gasteiger partial charge >= 0.3 is 0 Å². The number of hydrogen-bond acceptors (Lipinski definition) is 6. The monoisotopic (exact) mass is 335 g/mol. The minimum absolute atomic E-state index is 0.484. The molecule has 1 aromatic rings. The average Bonchev–Trinajstić information content (AvgIpc) is 2.60. The van der Waals surface area contributed by atoms with Gasteiger partial charge in [-0.05, 0) is 25.6 Å². The van der Waals surface area contributed by atoms with Gasteiger partial charge < -0.3 is 19.9 Å². The summed E-state index contributed by atoms with van der Waals surface area (Å²) in [6, 6.07) is 4.72. The summed E-state index contributed by atoms with van der Waals surface area (Å²) in [6.07, 6.45) is 1.97. The highest BCUT2D eigenvalue weighted by Gasteiger charge is 2.15. The Morgan fingerprint density at radius 1 is 1.29 bits per heavy atom. The molecule has 2 rings (SSSR count). The highest BCUT2D eigenvalue weighted by molar-refractivity contribution is 5.38. The van der Waals surface area contributed by atoms with Crippen molar-refractivity contribution in [1.82, 2.24) is 20.1 Å². The predicted octanol–water partition coefficient (Wildman–Crippen LogP) is 0.890. The Bertz CT molecular complexity index is 459. The van der Waals surface area contributed by atoms with Crippen molar-refractivity contribution >= 4 is 5.82 Å². The van der Waals surface area contributed by atoms with Crippen molar-refractivity contribution in [2.75, 3.05) is 72.0 Å². The zero-order chi connectivity index (χ0) is 17.4. The summed E-state index contributed by atoms with van der Waals surface area (Å²) in [4.78, 5) is 11.6. The molecule has 1 aliphatic heterocycles. The first-order chi connectivity index (χ1) is 11.6. The third-order valence-electron chi connectivity index (χ3n) is 4.61. The quantitative estimate of drug-likeness (QED) is 0.723. The van der Waals surface area contributed by atoms with Gasteiger partial charge in [0.05, 0.1) is 6.61 Å². The first kappa shape index (κ1) is 19.1. The van der Waals surface area contributed by atoms with Gasteiger partial charge in [-0.25, -0.2) is 4.98 Å². The first-order valence-electron chi connectivity index (χ1n) is 8.87. The second-order valence-corrected chi connectivity index (χ2v) is 6.82. The number of rotatable bonds is 9. The number of hydrogen-bond donors (Lipinski definition) is 1. The summed E-state index contributed by atoms with van der Waals surface area (Å²) in [5.74, 6) is 0.987. The van der Waals surface area contributed by atoms with Gasteiger partial charge in [-0.1, -0.05) is 6.07 Å². The van der Waals surface area contributed by atoms with Crippen LogP contribution in [0.25, 0.3) is 0 Å². The number of nitrogens with one attached hydrogen (secondary N) is 1. The fraction of sp³-hybridized carbons (Fsp3) is 0.722. The molecule has 0 saturated carbocycles. The maximum absolute atomic E-state index is 5.10. The molecule has 24 heavy (non-hydrogen) atoms. The van der Waals surface area contributed by atoms with Gasteiger partial charge in [-0.2, -0.15) is 0 Å². The van der Waals surface area contributed by atoms with E-state index in [0.717, 1.165) is 25.5 Å². The molecule has 1 saturated heterocycles. The van der Waals surface area contributed by atoms with Crippen molar-refractivity contribution in [1.29, 1.82) is 0 Å². The van der Waals surface area contributed by atoms with Crippen LogP contribution in [0, 0.1) is 0 Å². The van der Waals surface area contributed by atoms with E-state index in [0.29, 0.717) is 12.6 Å². The number of piperazine rings is 1. The van der Waals surface area contributed by atoms with Crippen LogP contribution in [-0.2, 0) is 11.3 Å². The van der Waals surface area contributed by atoms with Gasteiger partial charge in [0.1, 0.15) is 5.82 Å². The van der Waals surface area contributed by atoms with E-state index in [1.54, 1.807) is 7.11 Å². The summed E-state index contributed by atoms with van der Waals surface area (Å²) in [5, 5.41) is 3.61. The lowest BCUT2D eigenvalue weighted by Gasteiger charge is -2.34. The van der Waals surface area contributed by atoms with Crippen LogP contribution in [0.1, 0.15) is 12.5 Å². The van der Waals surface area contributed by atoms with E-state index in [4.69, 9.17) is 4.74 Å². The van der Waals surface area contributed by atoms with Crippen LogP contribution in [0.15, 0.2) is 18.3 Å². The molecule has 0 unspecified atom stereocenters. The molecule has 0 spiro atoms. The van der Waals surface area contributed by atoms with Crippen molar-refractivity contribution in [3.05, 3.63) is 23.9 Å². The van der Waals surface area contributed by atoms with Crippen LogP contribution < -0.4 is 10.2 Å². The topological polar surface area (TPSA) is 43.9 Å². The van der Waals surface area contributed by atoms with E-state index in [9.17, 15) is 0 Å². The van der Waals surface area contributed by atoms with E-state index in [1.165, 1.54) is 31.7 Å². The summed E-state index contributed by atoms with van der Waals surface area (Å²) in [7, 11) is 5.96. The zero-order valence-corrected chi connectivity index (χ0v) is 15.7. The molecule has 1 fully saturated rings. The fourth-order valence-corrected chi connectivity index (χ4v) is 2.86. The molecular formula is C18H33N5O. The second kappa shape index (κ2) is 9.93. The minimum atomic E-state index is 0.484. The van der Waals surface area contributed by atoms with Crippen LogP contribution in [0.4, 0.5) is 5.82 Å². The smallest absolute Gasteiger partial charge is 0.128 e. The first-order valence-corrected chi connectivity index (χ1v) is 8.87. The van der Waals surface area contributed by atoms with E-state index in [-0.39, 0.29) is 0 Å². The molecule has 1 atom stereocenters. The normalized spacial score (nSPS) is 17.8. The molecule has 1 N–H and O–H groups in total. The highest BCUT2D eigenvalue weighted by Crippen LogP contribution is 2.09. The van der Waals surface area contributed by atoms with Crippen molar-refractivity contribution in [2.45, 2.75) is 19.5 Å². The molecule has 6 heteroatoms. The van der Waals surface area contributed by atoms with Crippen LogP contribution >= 0.6 is 0 Å². The number of likely N-dealkylation sites (N-methyl/N-ethyl adjacent to an activating group) is 2. The Kier molecular flexibility index (Phi) is 7.91. The molecule has 2 heterocycles. The molecule has 1 aliphatic rings. The number of anilines is 1. The Labute approximate surface area is 146 Å². The largest absolute Gasteiger partial charge is 0.383 e. The standard InChI is InChI=1S/C18H33N5O/c1-16(15-23-9-7-21(2)8-10-23)19-13-17-5-6-18(20-14-17)22(3)11-12-24-4/h5-6,14,16,19H,7-13,15H2,1-4H3/t16-/m1/s1. The average molecular weight is 335 g/mol. The third kappa shape index (κ3) is 6.36. The van der Waals surface area contributed by atoms with Gasteiger partial charge in [0, 0.05) is 72.2 Å². The maximum atomic E-state index is 5.10. The lowest BCUT2D eigenvalue weighted by molar-refractivity contribution is 0.144. The van der Waals surface area contributed by atoms with E-state index >= 15 is 0 Å².